The van der Waals surface area contributed by atoms with E-state index in [9.17, 15) is 4.79 Å². The zero-order valence-electron chi connectivity index (χ0n) is 14.3. The molecule has 27 heavy (non-hydrogen) atoms. The lowest BCUT2D eigenvalue weighted by atomic mass is 10.1. The highest BCUT2D eigenvalue weighted by atomic mass is 79.9. The molecule has 0 radical (unpaired) electrons. The Morgan fingerprint density at radius 3 is 2.74 bits per heavy atom. The summed E-state index contributed by atoms with van der Waals surface area (Å²) in [5.41, 5.74) is 2.22. The second-order valence-corrected chi connectivity index (χ2v) is 7.69. The number of nitrogens with zero attached hydrogens (tertiary/aromatic N) is 4. The standard InChI is InChI=1S/C19H14BrN5OS/c1-25-8-7-22-17(25)16-15(12-5-3-2-4-6-12)23-19(27-16)24-18(26)13-9-14(20)11-21-10-13/h2-11H,1H3,(H,23,24,26). The summed E-state index contributed by atoms with van der Waals surface area (Å²) < 4.78 is 2.68. The fourth-order valence-corrected chi connectivity index (χ4v) is 3.99. The van der Waals surface area contributed by atoms with Crippen LogP contribution in [-0.2, 0) is 7.05 Å². The predicted molar refractivity (Wildman–Crippen MR) is 110 cm³/mol. The topological polar surface area (TPSA) is 72.7 Å². The fraction of sp³-hybridized carbons (Fsp3) is 0.0526. The van der Waals surface area contributed by atoms with Gasteiger partial charge in [0, 0.05) is 41.9 Å². The van der Waals surface area contributed by atoms with Gasteiger partial charge < -0.3 is 4.57 Å². The van der Waals surface area contributed by atoms with E-state index in [-0.39, 0.29) is 5.91 Å². The van der Waals surface area contributed by atoms with Gasteiger partial charge in [-0.05, 0) is 22.0 Å². The minimum absolute atomic E-state index is 0.261. The van der Waals surface area contributed by atoms with Crippen LogP contribution in [0.25, 0.3) is 22.0 Å². The number of aromatic nitrogens is 4. The molecule has 3 heterocycles. The van der Waals surface area contributed by atoms with Crippen molar-refractivity contribution in [2.45, 2.75) is 0 Å². The first-order chi connectivity index (χ1) is 13.1. The number of imidazole rings is 1. The molecule has 0 fully saturated rings. The maximum absolute atomic E-state index is 12.6. The number of thiazole rings is 1. The summed E-state index contributed by atoms with van der Waals surface area (Å²) in [7, 11) is 1.93. The Hall–Kier alpha value is -2.84. The summed E-state index contributed by atoms with van der Waals surface area (Å²) in [5, 5.41) is 3.38. The predicted octanol–water partition coefficient (Wildman–Crippen LogP) is 4.62. The van der Waals surface area contributed by atoms with Crippen molar-refractivity contribution >= 4 is 38.3 Å². The van der Waals surface area contributed by atoms with Crippen molar-refractivity contribution in [3.8, 4) is 22.0 Å². The zero-order valence-corrected chi connectivity index (χ0v) is 16.7. The van der Waals surface area contributed by atoms with Crippen molar-refractivity contribution in [3.05, 3.63) is 71.2 Å². The van der Waals surface area contributed by atoms with Gasteiger partial charge in [0.15, 0.2) is 11.0 Å². The lowest BCUT2D eigenvalue weighted by Gasteiger charge is -2.02. The number of benzene rings is 1. The van der Waals surface area contributed by atoms with Crippen molar-refractivity contribution in [1.29, 1.82) is 0 Å². The highest BCUT2D eigenvalue weighted by Gasteiger charge is 2.19. The fourth-order valence-electron chi connectivity index (χ4n) is 2.61. The normalized spacial score (nSPS) is 10.7. The SMILES string of the molecule is Cn1ccnc1-c1sc(NC(=O)c2cncc(Br)c2)nc1-c1ccccc1. The second kappa shape index (κ2) is 7.42. The molecule has 0 aliphatic rings. The molecule has 1 aromatic carbocycles. The summed E-state index contributed by atoms with van der Waals surface area (Å²) >= 11 is 4.72. The van der Waals surface area contributed by atoms with Gasteiger partial charge in [0.1, 0.15) is 0 Å². The molecule has 0 aliphatic carbocycles. The van der Waals surface area contributed by atoms with E-state index in [1.54, 1.807) is 18.5 Å². The van der Waals surface area contributed by atoms with Crippen LogP contribution in [0.4, 0.5) is 5.13 Å². The van der Waals surface area contributed by atoms with Crippen LogP contribution in [0.15, 0.2) is 65.7 Å². The second-order valence-electron chi connectivity index (χ2n) is 5.77. The maximum atomic E-state index is 12.6. The molecular formula is C19H14BrN5OS. The molecule has 0 atom stereocenters. The molecule has 134 valence electrons. The van der Waals surface area contributed by atoms with Crippen molar-refractivity contribution < 1.29 is 4.79 Å². The van der Waals surface area contributed by atoms with Crippen LogP contribution in [0.5, 0.6) is 0 Å². The van der Waals surface area contributed by atoms with Crippen LogP contribution in [0, 0.1) is 0 Å². The van der Waals surface area contributed by atoms with E-state index in [0.717, 1.165) is 26.4 Å². The maximum Gasteiger partial charge on any atom is 0.259 e. The molecule has 0 saturated carbocycles. The Balaban J connectivity index is 1.73. The first kappa shape index (κ1) is 17.6. The van der Waals surface area contributed by atoms with Crippen molar-refractivity contribution in [3.63, 3.8) is 0 Å². The number of nitrogens with one attached hydrogen (secondary N) is 1. The number of amides is 1. The van der Waals surface area contributed by atoms with Gasteiger partial charge in [0.2, 0.25) is 0 Å². The van der Waals surface area contributed by atoms with Crippen molar-refractivity contribution in [1.82, 2.24) is 19.5 Å². The lowest BCUT2D eigenvalue weighted by molar-refractivity contribution is 0.102. The monoisotopic (exact) mass is 439 g/mol. The number of rotatable bonds is 4. The number of aryl methyl sites for hydroxylation is 1. The van der Waals surface area contributed by atoms with Crippen LogP contribution in [0.3, 0.4) is 0 Å². The van der Waals surface area contributed by atoms with Crippen LogP contribution < -0.4 is 5.32 Å². The first-order valence-corrected chi connectivity index (χ1v) is 9.68. The Bertz CT molecular complexity index is 1110. The Labute approximate surface area is 168 Å². The number of halogens is 1. The molecule has 1 amide bonds. The zero-order chi connectivity index (χ0) is 18.8. The molecule has 0 saturated heterocycles. The Morgan fingerprint density at radius 2 is 2.04 bits per heavy atom. The molecule has 0 bridgehead atoms. The highest BCUT2D eigenvalue weighted by Crippen LogP contribution is 2.38. The van der Waals surface area contributed by atoms with Gasteiger partial charge in [0.05, 0.1) is 16.1 Å². The highest BCUT2D eigenvalue weighted by molar-refractivity contribution is 9.10. The molecule has 0 aliphatic heterocycles. The van der Waals surface area contributed by atoms with E-state index in [0.29, 0.717) is 10.7 Å². The van der Waals surface area contributed by atoms with Gasteiger partial charge in [-0.1, -0.05) is 41.7 Å². The Kier molecular flexibility index (Phi) is 4.83. The molecule has 0 unspecified atom stereocenters. The number of carbonyl (C=O) groups excluding carboxylic acids is 1. The van der Waals surface area contributed by atoms with Gasteiger partial charge in [-0.15, -0.1) is 0 Å². The molecule has 4 aromatic rings. The average Bonchev–Trinajstić information content (AvgIpc) is 3.28. The van der Waals surface area contributed by atoms with Gasteiger partial charge in [-0.25, -0.2) is 9.97 Å². The first-order valence-electron chi connectivity index (χ1n) is 8.07. The number of anilines is 1. The van der Waals surface area contributed by atoms with Gasteiger partial charge in [0.25, 0.3) is 5.91 Å². The number of hydrogen-bond donors (Lipinski definition) is 1. The number of carbonyl (C=O) groups is 1. The van der Waals surface area contributed by atoms with Gasteiger partial charge >= 0.3 is 0 Å². The van der Waals surface area contributed by atoms with Crippen LogP contribution >= 0.6 is 27.3 Å². The molecule has 6 nitrogen and oxygen atoms in total. The minimum Gasteiger partial charge on any atom is -0.333 e. The van der Waals surface area contributed by atoms with E-state index in [4.69, 9.17) is 0 Å². The Morgan fingerprint density at radius 1 is 1.22 bits per heavy atom. The summed E-state index contributed by atoms with van der Waals surface area (Å²) in [6, 6.07) is 11.6. The van der Waals surface area contributed by atoms with E-state index in [1.807, 2.05) is 48.1 Å². The summed E-state index contributed by atoms with van der Waals surface area (Å²) in [4.78, 5) is 26.6. The number of hydrogen-bond acceptors (Lipinski definition) is 5. The van der Waals surface area contributed by atoms with Crippen LogP contribution in [0.1, 0.15) is 10.4 Å². The average molecular weight is 440 g/mol. The summed E-state index contributed by atoms with van der Waals surface area (Å²) in [5.74, 6) is 0.541. The molecule has 1 N–H and O–H groups in total. The third-order valence-electron chi connectivity index (χ3n) is 3.89. The molecule has 3 aromatic heterocycles. The molecule has 0 spiro atoms. The summed E-state index contributed by atoms with van der Waals surface area (Å²) in [6.07, 6.45) is 6.78. The van der Waals surface area contributed by atoms with E-state index in [1.165, 1.54) is 17.5 Å². The number of pyridine rings is 1. The van der Waals surface area contributed by atoms with Crippen LogP contribution in [-0.4, -0.2) is 25.4 Å². The van der Waals surface area contributed by atoms with Crippen molar-refractivity contribution in [2.75, 3.05) is 5.32 Å². The molecule has 4 rings (SSSR count). The van der Waals surface area contributed by atoms with E-state index >= 15 is 0 Å². The van der Waals surface area contributed by atoms with Crippen molar-refractivity contribution in [2.24, 2.45) is 7.05 Å². The van der Waals surface area contributed by atoms with E-state index < -0.39 is 0 Å². The van der Waals surface area contributed by atoms with Gasteiger partial charge in [-0.3, -0.25) is 15.1 Å². The van der Waals surface area contributed by atoms with Crippen LogP contribution in [0.2, 0.25) is 0 Å². The van der Waals surface area contributed by atoms with Gasteiger partial charge in [-0.2, -0.15) is 0 Å². The molecular weight excluding hydrogens is 426 g/mol. The third kappa shape index (κ3) is 3.67. The largest absolute Gasteiger partial charge is 0.333 e. The smallest absolute Gasteiger partial charge is 0.259 e. The molecule has 8 heteroatoms. The minimum atomic E-state index is -0.261. The quantitative estimate of drug-likeness (QED) is 0.503. The lowest BCUT2D eigenvalue weighted by Crippen LogP contribution is -2.11. The third-order valence-corrected chi connectivity index (χ3v) is 5.29. The summed E-state index contributed by atoms with van der Waals surface area (Å²) in [6.45, 7) is 0. The van der Waals surface area contributed by atoms with E-state index in [2.05, 4.69) is 36.2 Å².